The molecule has 2 N–H and O–H groups in total. The lowest BCUT2D eigenvalue weighted by Gasteiger charge is -2.12. The average molecular weight is 461 g/mol. The number of nitrogens with zero attached hydrogens (tertiary/aromatic N) is 2. The predicted octanol–water partition coefficient (Wildman–Crippen LogP) is 5.07. The Kier molecular flexibility index (Phi) is 5.57. The van der Waals surface area contributed by atoms with Crippen molar-refractivity contribution >= 4 is 10.0 Å². The van der Waals surface area contributed by atoms with E-state index in [1.807, 2.05) is 0 Å². The summed E-state index contributed by atoms with van der Waals surface area (Å²) in [6, 6.07) is 16.1. The Morgan fingerprint density at radius 3 is 2.12 bits per heavy atom. The van der Waals surface area contributed by atoms with Gasteiger partial charge in [-0.15, -0.1) is 0 Å². The Labute approximate surface area is 180 Å². The third-order valence-electron chi connectivity index (χ3n) is 4.78. The summed E-state index contributed by atoms with van der Waals surface area (Å²) >= 11 is 0. The van der Waals surface area contributed by atoms with Crippen molar-refractivity contribution in [1.29, 1.82) is 0 Å². The van der Waals surface area contributed by atoms with Crippen molar-refractivity contribution in [2.75, 3.05) is 0 Å². The zero-order valence-electron chi connectivity index (χ0n) is 16.2. The van der Waals surface area contributed by atoms with E-state index in [1.165, 1.54) is 28.9 Å². The number of hydrogen-bond acceptors (Lipinski definition) is 3. The predicted molar refractivity (Wildman–Crippen MR) is 111 cm³/mol. The monoisotopic (exact) mass is 461 g/mol. The van der Waals surface area contributed by atoms with Crippen LogP contribution in [0.15, 0.2) is 77.7 Å². The molecule has 164 valence electrons. The van der Waals surface area contributed by atoms with Crippen LogP contribution < -0.4 is 5.14 Å². The molecular formula is C22H15F4N3O2S. The first-order valence-electron chi connectivity index (χ1n) is 9.22. The Morgan fingerprint density at radius 1 is 0.906 bits per heavy atom. The van der Waals surface area contributed by atoms with E-state index in [0.717, 1.165) is 12.1 Å². The van der Waals surface area contributed by atoms with Gasteiger partial charge in [-0.3, -0.25) is 0 Å². The minimum Gasteiger partial charge on any atom is -0.232 e. The molecule has 5 nitrogen and oxygen atoms in total. The number of hydrogen-bond donors (Lipinski definition) is 1. The standard InChI is InChI=1S/C22H15F4N3O2S/c23-14-8-11-17(18(24)12-14)19-20(22(25)26)28-29(15-4-2-1-3-5-15)21(19)13-6-9-16(10-7-13)32(27,30)31/h1-12,22H,(H2,27,30,31). The summed E-state index contributed by atoms with van der Waals surface area (Å²) in [5, 5.41) is 9.17. The molecule has 0 spiro atoms. The van der Waals surface area contributed by atoms with Gasteiger partial charge in [0.05, 0.1) is 16.3 Å². The van der Waals surface area contributed by atoms with E-state index in [2.05, 4.69) is 5.10 Å². The topological polar surface area (TPSA) is 78.0 Å². The van der Waals surface area contributed by atoms with E-state index in [9.17, 15) is 26.0 Å². The molecule has 0 aliphatic rings. The van der Waals surface area contributed by atoms with Gasteiger partial charge >= 0.3 is 0 Å². The van der Waals surface area contributed by atoms with Crippen LogP contribution >= 0.6 is 0 Å². The molecule has 1 aromatic heterocycles. The highest BCUT2D eigenvalue weighted by atomic mass is 32.2. The van der Waals surface area contributed by atoms with Crippen molar-refractivity contribution in [3.63, 3.8) is 0 Å². The average Bonchev–Trinajstić information content (AvgIpc) is 3.14. The van der Waals surface area contributed by atoms with Gasteiger partial charge in [0.2, 0.25) is 10.0 Å². The van der Waals surface area contributed by atoms with Crippen molar-refractivity contribution in [2.45, 2.75) is 11.3 Å². The first-order valence-corrected chi connectivity index (χ1v) is 10.8. The van der Waals surface area contributed by atoms with Gasteiger partial charge in [-0.1, -0.05) is 30.3 Å². The number of rotatable bonds is 5. The molecule has 0 aliphatic carbocycles. The molecule has 0 radical (unpaired) electrons. The molecule has 0 fully saturated rings. The van der Waals surface area contributed by atoms with Gasteiger partial charge in [0.15, 0.2) is 0 Å². The van der Waals surface area contributed by atoms with E-state index in [4.69, 9.17) is 5.14 Å². The second-order valence-corrected chi connectivity index (χ2v) is 8.41. The molecule has 0 bridgehead atoms. The quantitative estimate of drug-likeness (QED) is 0.422. The summed E-state index contributed by atoms with van der Waals surface area (Å²) in [7, 11) is -3.99. The summed E-state index contributed by atoms with van der Waals surface area (Å²) in [6.45, 7) is 0. The summed E-state index contributed by atoms with van der Waals surface area (Å²) in [4.78, 5) is -0.185. The van der Waals surface area contributed by atoms with Crippen molar-refractivity contribution < 1.29 is 26.0 Å². The number of benzene rings is 3. The summed E-state index contributed by atoms with van der Waals surface area (Å²) in [6.07, 6.45) is -3.07. The maximum Gasteiger partial charge on any atom is 0.282 e. The molecule has 0 amide bonds. The van der Waals surface area contributed by atoms with Crippen LogP contribution in [0, 0.1) is 11.6 Å². The smallest absolute Gasteiger partial charge is 0.232 e. The molecule has 0 atom stereocenters. The molecule has 1 heterocycles. The van der Waals surface area contributed by atoms with Crippen molar-refractivity contribution in [3.8, 4) is 28.1 Å². The lowest BCUT2D eigenvalue weighted by atomic mass is 9.98. The fourth-order valence-corrected chi connectivity index (χ4v) is 3.89. The highest BCUT2D eigenvalue weighted by molar-refractivity contribution is 7.89. The number of primary sulfonamides is 1. The van der Waals surface area contributed by atoms with Crippen LogP contribution in [0.1, 0.15) is 12.1 Å². The van der Waals surface area contributed by atoms with Crippen LogP contribution in [-0.4, -0.2) is 18.2 Å². The van der Waals surface area contributed by atoms with E-state index >= 15 is 0 Å². The maximum atomic E-state index is 14.7. The van der Waals surface area contributed by atoms with Gasteiger partial charge in [-0.05, 0) is 36.4 Å². The fraction of sp³-hybridized carbons (Fsp3) is 0.0455. The van der Waals surface area contributed by atoms with Crippen molar-refractivity contribution in [2.24, 2.45) is 5.14 Å². The first kappa shape index (κ1) is 21.7. The SMILES string of the molecule is NS(=O)(=O)c1ccc(-c2c(-c3ccc(F)cc3F)c(C(F)F)nn2-c2ccccc2)cc1. The van der Waals surface area contributed by atoms with Crippen LogP contribution in [0.25, 0.3) is 28.1 Å². The fourth-order valence-electron chi connectivity index (χ4n) is 3.37. The van der Waals surface area contributed by atoms with E-state index < -0.39 is 33.8 Å². The summed E-state index contributed by atoms with van der Waals surface area (Å²) < 4.78 is 80.6. The van der Waals surface area contributed by atoms with E-state index in [1.54, 1.807) is 30.3 Å². The molecule has 3 aromatic carbocycles. The van der Waals surface area contributed by atoms with Crippen molar-refractivity contribution in [3.05, 3.63) is 90.1 Å². The van der Waals surface area contributed by atoms with E-state index in [0.29, 0.717) is 11.8 Å². The third-order valence-corrected chi connectivity index (χ3v) is 5.71. The van der Waals surface area contributed by atoms with Crippen molar-refractivity contribution in [1.82, 2.24) is 9.78 Å². The Morgan fingerprint density at radius 2 is 1.56 bits per heavy atom. The first-order chi connectivity index (χ1) is 15.2. The number of nitrogens with two attached hydrogens (primary N) is 1. The van der Waals surface area contributed by atoms with Crippen LogP contribution in [-0.2, 0) is 10.0 Å². The Hall–Kier alpha value is -3.50. The van der Waals surface area contributed by atoms with Crippen LogP contribution in [0.5, 0.6) is 0 Å². The Balaban J connectivity index is 2.07. The number of sulfonamides is 1. The minimum absolute atomic E-state index is 0.0815. The minimum atomic E-state index is -3.99. The molecule has 0 saturated heterocycles. The number of halogens is 4. The van der Waals surface area contributed by atoms with E-state index in [-0.39, 0.29) is 27.3 Å². The molecular weight excluding hydrogens is 446 g/mol. The van der Waals surface area contributed by atoms with Gasteiger partial charge in [-0.2, -0.15) is 5.10 Å². The van der Waals surface area contributed by atoms with Gasteiger partial charge in [0, 0.05) is 22.8 Å². The van der Waals surface area contributed by atoms with Gasteiger partial charge in [-0.25, -0.2) is 35.8 Å². The normalized spacial score (nSPS) is 11.8. The number of para-hydroxylation sites is 1. The summed E-state index contributed by atoms with van der Waals surface area (Å²) in [5.74, 6) is -1.90. The van der Waals surface area contributed by atoms with Gasteiger partial charge in [0.1, 0.15) is 17.3 Å². The zero-order valence-corrected chi connectivity index (χ0v) is 17.0. The van der Waals surface area contributed by atoms with Crippen LogP contribution in [0.2, 0.25) is 0 Å². The molecule has 0 unspecified atom stereocenters. The zero-order chi connectivity index (χ0) is 23.0. The molecule has 32 heavy (non-hydrogen) atoms. The maximum absolute atomic E-state index is 14.7. The molecule has 0 aliphatic heterocycles. The summed E-state index contributed by atoms with van der Waals surface area (Å²) in [5.41, 5.74) is -0.435. The van der Waals surface area contributed by atoms with Crippen LogP contribution in [0.3, 0.4) is 0 Å². The highest BCUT2D eigenvalue weighted by Gasteiger charge is 2.28. The molecule has 4 rings (SSSR count). The second kappa shape index (κ2) is 8.21. The largest absolute Gasteiger partial charge is 0.282 e. The number of aromatic nitrogens is 2. The Bertz CT molecular complexity index is 1390. The van der Waals surface area contributed by atoms with Gasteiger partial charge in [0.25, 0.3) is 6.43 Å². The molecule has 10 heteroatoms. The lowest BCUT2D eigenvalue weighted by molar-refractivity contribution is 0.146. The van der Waals surface area contributed by atoms with Crippen LogP contribution in [0.4, 0.5) is 17.6 Å². The molecule has 4 aromatic rings. The van der Waals surface area contributed by atoms with Gasteiger partial charge < -0.3 is 0 Å². The number of alkyl halides is 2. The highest BCUT2D eigenvalue weighted by Crippen LogP contribution is 2.41. The lowest BCUT2D eigenvalue weighted by Crippen LogP contribution is -2.11. The second-order valence-electron chi connectivity index (χ2n) is 6.85. The molecule has 0 saturated carbocycles. The third kappa shape index (κ3) is 4.02.